The second kappa shape index (κ2) is 7.74. The molecule has 0 spiro atoms. The number of nitrogens with zero attached hydrogens (tertiary/aromatic N) is 2. The van der Waals surface area contributed by atoms with Gasteiger partial charge in [-0.05, 0) is 35.9 Å². The van der Waals surface area contributed by atoms with Crippen molar-refractivity contribution in [3.05, 3.63) is 67.0 Å². The highest BCUT2D eigenvalue weighted by Crippen LogP contribution is 2.31. The summed E-state index contributed by atoms with van der Waals surface area (Å²) in [5.74, 6) is 0. The molecule has 0 aliphatic heterocycles. The number of allylic oxidation sites excluding steroid dienone is 1. The average molecular weight is 412 g/mol. The van der Waals surface area contributed by atoms with E-state index in [-0.39, 0.29) is 31.9 Å². The van der Waals surface area contributed by atoms with E-state index in [9.17, 15) is 23.8 Å². The van der Waals surface area contributed by atoms with Crippen LogP contribution in [0.15, 0.2) is 46.2 Å². The van der Waals surface area contributed by atoms with Crippen LogP contribution >= 0.6 is 23.2 Å². The Labute approximate surface area is 159 Å². The fraction of sp³-hybridized carbons (Fsp3) is 0.0625. The molecule has 0 aliphatic carbocycles. The Bertz CT molecular complexity index is 1060. The van der Waals surface area contributed by atoms with Crippen molar-refractivity contribution >= 4 is 50.5 Å². The number of hydrogen-bond acceptors (Lipinski definition) is 6. The summed E-state index contributed by atoms with van der Waals surface area (Å²) in [7, 11) is -2.74. The van der Waals surface area contributed by atoms with Crippen LogP contribution in [0.25, 0.3) is 6.08 Å². The number of rotatable bonds is 5. The molecule has 0 saturated heterocycles. The SMILES string of the molecule is CNc1ccc(/C=C(\C#N)S(=O)(=O)c2cc(Cl)ccc2Cl)cc1[N+](=O)[O-]. The van der Waals surface area contributed by atoms with Crippen molar-refractivity contribution in [1.82, 2.24) is 0 Å². The third-order valence-corrected chi connectivity index (χ3v) is 5.75. The fourth-order valence-electron chi connectivity index (χ4n) is 2.12. The molecule has 0 radical (unpaired) electrons. The highest BCUT2D eigenvalue weighted by Gasteiger charge is 2.24. The summed E-state index contributed by atoms with van der Waals surface area (Å²) in [6.07, 6.45) is 1.04. The Kier molecular flexibility index (Phi) is 5.87. The predicted octanol–water partition coefficient (Wildman–Crippen LogP) is 4.28. The van der Waals surface area contributed by atoms with Crippen LogP contribution in [0.2, 0.25) is 10.0 Å². The second-order valence-electron chi connectivity index (χ2n) is 4.98. The van der Waals surface area contributed by atoms with Crippen LogP contribution in [-0.4, -0.2) is 20.4 Å². The molecule has 0 atom stereocenters. The van der Waals surface area contributed by atoms with Gasteiger partial charge in [-0.25, -0.2) is 8.42 Å². The number of benzene rings is 2. The molecule has 26 heavy (non-hydrogen) atoms. The molecule has 7 nitrogen and oxygen atoms in total. The smallest absolute Gasteiger partial charge is 0.292 e. The fourth-order valence-corrected chi connectivity index (χ4v) is 4.04. The van der Waals surface area contributed by atoms with E-state index in [0.29, 0.717) is 0 Å². The zero-order valence-electron chi connectivity index (χ0n) is 13.2. The predicted molar refractivity (Wildman–Crippen MR) is 99.9 cm³/mol. The van der Waals surface area contributed by atoms with Gasteiger partial charge in [0.15, 0.2) is 0 Å². The van der Waals surface area contributed by atoms with Gasteiger partial charge in [0.05, 0.1) is 14.8 Å². The lowest BCUT2D eigenvalue weighted by atomic mass is 10.1. The lowest BCUT2D eigenvalue weighted by Crippen LogP contribution is -2.04. The first-order chi connectivity index (χ1) is 12.2. The Balaban J connectivity index is 2.61. The van der Waals surface area contributed by atoms with Crippen LogP contribution in [0.4, 0.5) is 11.4 Å². The van der Waals surface area contributed by atoms with E-state index in [1.165, 1.54) is 31.3 Å². The summed E-state index contributed by atoms with van der Waals surface area (Å²) in [6, 6.07) is 9.48. The number of anilines is 1. The molecule has 0 unspecified atom stereocenters. The molecule has 2 aromatic carbocycles. The standard InChI is InChI=1S/C16H11Cl2N3O4S/c1-20-14-5-2-10(7-15(14)21(22)23)6-12(9-19)26(24,25)16-8-11(17)3-4-13(16)18/h2-8,20H,1H3/b12-6+. The minimum atomic E-state index is -4.25. The summed E-state index contributed by atoms with van der Waals surface area (Å²) in [6.45, 7) is 0. The minimum absolute atomic E-state index is 0.0907. The number of halogens is 2. The Morgan fingerprint density at radius 3 is 2.54 bits per heavy atom. The maximum absolute atomic E-state index is 12.7. The molecule has 0 heterocycles. The van der Waals surface area contributed by atoms with E-state index >= 15 is 0 Å². The van der Waals surface area contributed by atoms with Crippen LogP contribution in [0.3, 0.4) is 0 Å². The van der Waals surface area contributed by atoms with Gasteiger partial charge in [0.1, 0.15) is 16.7 Å². The van der Waals surface area contributed by atoms with Crippen LogP contribution in [0, 0.1) is 21.4 Å². The highest BCUT2D eigenvalue weighted by atomic mass is 35.5. The molecule has 2 aromatic rings. The van der Waals surface area contributed by atoms with Gasteiger partial charge >= 0.3 is 0 Å². The minimum Gasteiger partial charge on any atom is -0.383 e. The molecule has 2 rings (SSSR count). The molecule has 1 N–H and O–H groups in total. The van der Waals surface area contributed by atoms with Gasteiger partial charge in [-0.2, -0.15) is 5.26 Å². The van der Waals surface area contributed by atoms with Crippen LogP contribution in [0.1, 0.15) is 5.56 Å². The number of nitro groups is 1. The van der Waals surface area contributed by atoms with Crippen molar-refractivity contribution < 1.29 is 13.3 Å². The third-order valence-electron chi connectivity index (χ3n) is 3.37. The van der Waals surface area contributed by atoms with Crippen molar-refractivity contribution in [3.63, 3.8) is 0 Å². The summed E-state index contributed by atoms with van der Waals surface area (Å²) >= 11 is 11.7. The first-order valence-electron chi connectivity index (χ1n) is 6.99. The molecule has 0 aromatic heterocycles. The summed E-state index contributed by atoms with van der Waals surface area (Å²) in [5, 5.41) is 23.1. The lowest BCUT2D eigenvalue weighted by molar-refractivity contribution is -0.383. The molecule has 0 fully saturated rings. The second-order valence-corrected chi connectivity index (χ2v) is 7.71. The highest BCUT2D eigenvalue weighted by molar-refractivity contribution is 7.95. The van der Waals surface area contributed by atoms with E-state index in [0.717, 1.165) is 18.2 Å². The Morgan fingerprint density at radius 2 is 1.96 bits per heavy atom. The Hall–Kier alpha value is -2.60. The number of hydrogen-bond donors (Lipinski definition) is 1. The monoisotopic (exact) mass is 411 g/mol. The van der Waals surface area contributed by atoms with Gasteiger partial charge in [-0.1, -0.05) is 29.3 Å². The molecular formula is C16H11Cl2N3O4S. The van der Waals surface area contributed by atoms with Crippen molar-refractivity contribution in [1.29, 1.82) is 5.26 Å². The van der Waals surface area contributed by atoms with Gasteiger partial charge in [-0.15, -0.1) is 0 Å². The van der Waals surface area contributed by atoms with Gasteiger partial charge in [0, 0.05) is 18.1 Å². The summed E-state index contributed by atoms with van der Waals surface area (Å²) in [4.78, 5) is 9.57. The van der Waals surface area contributed by atoms with Crippen LogP contribution in [-0.2, 0) is 9.84 Å². The topological polar surface area (TPSA) is 113 Å². The molecule has 0 bridgehead atoms. The normalized spacial score (nSPS) is 11.7. The van der Waals surface area contributed by atoms with Crippen LogP contribution in [0.5, 0.6) is 0 Å². The number of nitriles is 1. The summed E-state index contributed by atoms with van der Waals surface area (Å²) in [5.41, 5.74) is 0.178. The van der Waals surface area contributed by atoms with Gasteiger partial charge in [-0.3, -0.25) is 10.1 Å². The zero-order chi connectivity index (χ0) is 19.5. The van der Waals surface area contributed by atoms with E-state index in [4.69, 9.17) is 23.2 Å². The van der Waals surface area contributed by atoms with Crippen LogP contribution < -0.4 is 5.32 Å². The zero-order valence-corrected chi connectivity index (χ0v) is 15.6. The first-order valence-corrected chi connectivity index (χ1v) is 9.22. The van der Waals surface area contributed by atoms with E-state index in [2.05, 4.69) is 5.32 Å². The number of nitrogens with one attached hydrogen (secondary N) is 1. The van der Waals surface area contributed by atoms with Gasteiger partial charge in [0.2, 0.25) is 9.84 Å². The Morgan fingerprint density at radius 1 is 1.27 bits per heavy atom. The molecule has 0 amide bonds. The average Bonchev–Trinajstić information content (AvgIpc) is 2.61. The molecular weight excluding hydrogens is 401 g/mol. The van der Waals surface area contributed by atoms with E-state index < -0.39 is 19.7 Å². The largest absolute Gasteiger partial charge is 0.383 e. The maximum atomic E-state index is 12.7. The van der Waals surface area contributed by atoms with Gasteiger partial charge in [0.25, 0.3) is 5.69 Å². The van der Waals surface area contributed by atoms with Crippen molar-refractivity contribution in [2.45, 2.75) is 4.90 Å². The molecule has 0 saturated carbocycles. The van der Waals surface area contributed by atoms with Gasteiger partial charge < -0.3 is 5.32 Å². The quantitative estimate of drug-likeness (QED) is 0.446. The number of sulfone groups is 1. The summed E-state index contributed by atoms with van der Waals surface area (Å²) < 4.78 is 25.4. The van der Waals surface area contributed by atoms with E-state index in [1.54, 1.807) is 6.07 Å². The third kappa shape index (κ3) is 3.96. The van der Waals surface area contributed by atoms with Crippen molar-refractivity contribution in [2.75, 3.05) is 12.4 Å². The van der Waals surface area contributed by atoms with Crippen molar-refractivity contribution in [2.24, 2.45) is 0 Å². The molecule has 10 heteroatoms. The van der Waals surface area contributed by atoms with E-state index in [1.807, 2.05) is 0 Å². The molecule has 0 aliphatic rings. The number of nitro benzene ring substituents is 1. The maximum Gasteiger partial charge on any atom is 0.292 e. The molecule has 134 valence electrons. The van der Waals surface area contributed by atoms with Crippen molar-refractivity contribution in [3.8, 4) is 6.07 Å². The lowest BCUT2D eigenvalue weighted by Gasteiger charge is -2.07. The first kappa shape index (κ1) is 19.7.